The standard InChI is InChI=1S/C15H24N2/c1-12(2)11-17-10-5-4-8-15(17)14-7-6-9-16-13(14)3/h6-7,9,12,15H,4-5,8,10-11H2,1-3H3/t15-/m0/s1. The van der Waals surface area contributed by atoms with Crippen molar-refractivity contribution in [3.63, 3.8) is 0 Å². The number of pyridine rings is 1. The minimum Gasteiger partial charge on any atom is -0.296 e. The van der Waals surface area contributed by atoms with Gasteiger partial charge in [-0.1, -0.05) is 26.3 Å². The van der Waals surface area contributed by atoms with Crippen LogP contribution >= 0.6 is 0 Å². The second kappa shape index (κ2) is 5.63. The largest absolute Gasteiger partial charge is 0.296 e. The zero-order valence-corrected chi connectivity index (χ0v) is 11.3. The zero-order valence-electron chi connectivity index (χ0n) is 11.3. The van der Waals surface area contributed by atoms with E-state index in [2.05, 4.69) is 42.8 Å². The molecule has 1 aliphatic rings. The van der Waals surface area contributed by atoms with Crippen molar-refractivity contribution in [3.8, 4) is 0 Å². The van der Waals surface area contributed by atoms with Gasteiger partial charge in [-0.15, -0.1) is 0 Å². The SMILES string of the molecule is Cc1ncccc1[C@@H]1CCCCN1CC(C)C. The summed E-state index contributed by atoms with van der Waals surface area (Å²) in [6.07, 6.45) is 5.89. The van der Waals surface area contributed by atoms with Gasteiger partial charge in [-0.3, -0.25) is 9.88 Å². The van der Waals surface area contributed by atoms with E-state index in [1.165, 1.54) is 43.6 Å². The van der Waals surface area contributed by atoms with Gasteiger partial charge in [0.15, 0.2) is 0 Å². The van der Waals surface area contributed by atoms with Crippen LogP contribution in [-0.2, 0) is 0 Å². The van der Waals surface area contributed by atoms with Crippen molar-refractivity contribution in [1.82, 2.24) is 9.88 Å². The smallest absolute Gasteiger partial charge is 0.0420 e. The first kappa shape index (κ1) is 12.6. The minimum absolute atomic E-state index is 0.597. The van der Waals surface area contributed by atoms with Crippen molar-refractivity contribution in [2.45, 2.75) is 46.1 Å². The molecule has 1 aliphatic heterocycles. The number of hydrogen-bond donors (Lipinski definition) is 0. The Kier molecular flexibility index (Phi) is 4.16. The average Bonchev–Trinajstić information content (AvgIpc) is 2.30. The molecule has 1 atom stereocenters. The quantitative estimate of drug-likeness (QED) is 0.792. The van der Waals surface area contributed by atoms with Crippen molar-refractivity contribution in [1.29, 1.82) is 0 Å². The Morgan fingerprint density at radius 1 is 1.41 bits per heavy atom. The summed E-state index contributed by atoms with van der Waals surface area (Å²) in [5.74, 6) is 0.743. The van der Waals surface area contributed by atoms with Gasteiger partial charge in [-0.05, 0) is 43.9 Å². The van der Waals surface area contributed by atoms with Crippen LogP contribution in [0.3, 0.4) is 0 Å². The van der Waals surface area contributed by atoms with E-state index in [9.17, 15) is 0 Å². The van der Waals surface area contributed by atoms with Gasteiger partial charge in [-0.2, -0.15) is 0 Å². The molecule has 1 saturated heterocycles. The Labute approximate surface area is 105 Å². The fourth-order valence-corrected chi connectivity index (χ4v) is 2.88. The third kappa shape index (κ3) is 3.06. The summed E-state index contributed by atoms with van der Waals surface area (Å²) >= 11 is 0. The number of rotatable bonds is 3. The molecule has 0 saturated carbocycles. The van der Waals surface area contributed by atoms with Gasteiger partial charge in [0.1, 0.15) is 0 Å². The third-order valence-electron chi connectivity index (χ3n) is 3.62. The molecule has 2 heterocycles. The van der Waals surface area contributed by atoms with Gasteiger partial charge in [0.05, 0.1) is 0 Å². The minimum atomic E-state index is 0.597. The lowest BCUT2D eigenvalue weighted by atomic mass is 9.93. The summed E-state index contributed by atoms with van der Waals surface area (Å²) in [6.45, 7) is 9.21. The molecule has 94 valence electrons. The molecule has 1 fully saturated rings. The number of aryl methyl sites for hydroxylation is 1. The normalized spacial score (nSPS) is 22.0. The van der Waals surface area contributed by atoms with Gasteiger partial charge in [0.25, 0.3) is 0 Å². The highest BCUT2D eigenvalue weighted by molar-refractivity contribution is 5.23. The van der Waals surface area contributed by atoms with Crippen LogP contribution < -0.4 is 0 Å². The van der Waals surface area contributed by atoms with Crippen LogP contribution in [0.1, 0.15) is 50.4 Å². The molecule has 0 aromatic carbocycles. The number of nitrogens with zero attached hydrogens (tertiary/aromatic N) is 2. The van der Waals surface area contributed by atoms with E-state index in [-0.39, 0.29) is 0 Å². The van der Waals surface area contributed by atoms with Crippen molar-refractivity contribution >= 4 is 0 Å². The molecule has 2 heteroatoms. The third-order valence-corrected chi connectivity index (χ3v) is 3.62. The molecule has 2 nitrogen and oxygen atoms in total. The van der Waals surface area contributed by atoms with Crippen LogP contribution in [0.25, 0.3) is 0 Å². The van der Waals surface area contributed by atoms with E-state index in [0.29, 0.717) is 6.04 Å². The molecular formula is C15H24N2. The second-order valence-electron chi connectivity index (χ2n) is 5.58. The summed E-state index contributed by atoms with van der Waals surface area (Å²) in [5.41, 5.74) is 2.64. The van der Waals surface area contributed by atoms with E-state index in [0.717, 1.165) is 5.92 Å². The highest BCUT2D eigenvalue weighted by Crippen LogP contribution is 2.32. The van der Waals surface area contributed by atoms with Crippen LogP contribution in [0.5, 0.6) is 0 Å². The monoisotopic (exact) mass is 232 g/mol. The lowest BCUT2D eigenvalue weighted by Gasteiger charge is -2.37. The van der Waals surface area contributed by atoms with Crippen molar-refractivity contribution in [3.05, 3.63) is 29.6 Å². The van der Waals surface area contributed by atoms with Gasteiger partial charge < -0.3 is 0 Å². The van der Waals surface area contributed by atoms with Crippen LogP contribution in [0.4, 0.5) is 0 Å². The van der Waals surface area contributed by atoms with Gasteiger partial charge in [0, 0.05) is 24.5 Å². The maximum Gasteiger partial charge on any atom is 0.0420 e. The van der Waals surface area contributed by atoms with Gasteiger partial charge in [0.2, 0.25) is 0 Å². The summed E-state index contributed by atoms with van der Waals surface area (Å²) in [5, 5.41) is 0. The highest BCUT2D eigenvalue weighted by atomic mass is 15.2. The maximum absolute atomic E-state index is 4.44. The van der Waals surface area contributed by atoms with Gasteiger partial charge >= 0.3 is 0 Å². The fourth-order valence-electron chi connectivity index (χ4n) is 2.88. The molecule has 0 aliphatic carbocycles. The summed E-state index contributed by atoms with van der Waals surface area (Å²) in [4.78, 5) is 7.09. The van der Waals surface area contributed by atoms with E-state index < -0.39 is 0 Å². The topological polar surface area (TPSA) is 16.1 Å². The van der Waals surface area contributed by atoms with E-state index in [1.807, 2.05) is 6.20 Å². The van der Waals surface area contributed by atoms with Gasteiger partial charge in [-0.25, -0.2) is 0 Å². The first-order valence-corrected chi connectivity index (χ1v) is 6.84. The Balaban J connectivity index is 2.19. The van der Waals surface area contributed by atoms with Crippen LogP contribution in [-0.4, -0.2) is 23.0 Å². The Morgan fingerprint density at radius 3 is 2.94 bits per heavy atom. The number of likely N-dealkylation sites (tertiary alicyclic amines) is 1. The van der Waals surface area contributed by atoms with E-state index in [4.69, 9.17) is 0 Å². The molecule has 0 N–H and O–H groups in total. The average molecular weight is 232 g/mol. The number of aromatic nitrogens is 1. The fraction of sp³-hybridized carbons (Fsp3) is 0.667. The second-order valence-corrected chi connectivity index (χ2v) is 5.58. The van der Waals surface area contributed by atoms with Crippen molar-refractivity contribution in [2.24, 2.45) is 5.92 Å². The van der Waals surface area contributed by atoms with Crippen molar-refractivity contribution < 1.29 is 0 Å². The van der Waals surface area contributed by atoms with E-state index >= 15 is 0 Å². The molecule has 0 unspecified atom stereocenters. The first-order valence-electron chi connectivity index (χ1n) is 6.84. The Morgan fingerprint density at radius 2 is 2.24 bits per heavy atom. The summed E-state index contributed by atoms with van der Waals surface area (Å²) in [6, 6.07) is 4.93. The summed E-state index contributed by atoms with van der Waals surface area (Å²) < 4.78 is 0. The predicted molar refractivity (Wildman–Crippen MR) is 72.0 cm³/mol. The maximum atomic E-state index is 4.44. The van der Waals surface area contributed by atoms with Crippen LogP contribution in [0.2, 0.25) is 0 Å². The number of piperidine rings is 1. The molecule has 17 heavy (non-hydrogen) atoms. The predicted octanol–water partition coefficient (Wildman–Crippen LogP) is 3.57. The summed E-state index contributed by atoms with van der Waals surface area (Å²) in [7, 11) is 0. The van der Waals surface area contributed by atoms with Crippen LogP contribution in [0.15, 0.2) is 18.3 Å². The Bertz CT molecular complexity index is 360. The van der Waals surface area contributed by atoms with Crippen LogP contribution in [0, 0.1) is 12.8 Å². The molecule has 1 aromatic heterocycles. The molecule has 2 rings (SSSR count). The Hall–Kier alpha value is -0.890. The lowest BCUT2D eigenvalue weighted by Crippen LogP contribution is -2.36. The molecule has 0 amide bonds. The molecule has 1 aromatic rings. The lowest BCUT2D eigenvalue weighted by molar-refractivity contribution is 0.131. The molecule has 0 bridgehead atoms. The highest BCUT2D eigenvalue weighted by Gasteiger charge is 2.25. The number of hydrogen-bond acceptors (Lipinski definition) is 2. The molecular weight excluding hydrogens is 208 g/mol. The van der Waals surface area contributed by atoms with Crippen molar-refractivity contribution in [2.75, 3.05) is 13.1 Å². The first-order chi connectivity index (χ1) is 8.18. The van der Waals surface area contributed by atoms with E-state index in [1.54, 1.807) is 0 Å². The zero-order chi connectivity index (χ0) is 12.3. The molecule has 0 radical (unpaired) electrons. The molecule has 0 spiro atoms.